The zero-order valence-electron chi connectivity index (χ0n) is 10.9. The molecule has 5 heteroatoms. The Bertz CT molecular complexity index is 680. The van der Waals surface area contributed by atoms with Crippen molar-refractivity contribution in [1.29, 1.82) is 0 Å². The molecule has 0 saturated heterocycles. The first kappa shape index (κ1) is 13.6. The van der Waals surface area contributed by atoms with Crippen molar-refractivity contribution in [2.45, 2.75) is 26.2 Å². The summed E-state index contributed by atoms with van der Waals surface area (Å²) in [6.07, 6.45) is -1.21. The van der Waals surface area contributed by atoms with E-state index in [0.29, 0.717) is 11.1 Å². The van der Waals surface area contributed by atoms with Crippen LogP contribution < -0.4 is 0 Å². The lowest BCUT2D eigenvalue weighted by Crippen LogP contribution is -2.19. The van der Waals surface area contributed by atoms with Crippen LogP contribution in [0.1, 0.15) is 36.8 Å². The molecule has 19 heavy (non-hydrogen) atoms. The van der Waals surface area contributed by atoms with Crippen LogP contribution in [0.15, 0.2) is 24.3 Å². The van der Waals surface area contributed by atoms with Crippen LogP contribution in [0.2, 0.25) is 0 Å². The number of hydrogen-bond donors (Lipinski definition) is 1. The standard InChI is InChI=1S/C14H14ClNO3/c1-14(2,3)10-8-6-4-5-7-9(8)16(13(18)19)11(10)12(15)17/h4-7H,1-3H3,(H,18,19). The fraction of sp³-hybridized carbons (Fsp3) is 0.286. The van der Waals surface area contributed by atoms with Crippen molar-refractivity contribution in [2.24, 2.45) is 0 Å². The van der Waals surface area contributed by atoms with Gasteiger partial charge in [-0.1, -0.05) is 39.0 Å². The van der Waals surface area contributed by atoms with Gasteiger partial charge in [-0.3, -0.25) is 4.79 Å². The minimum absolute atomic E-state index is 0.0304. The molecule has 1 heterocycles. The second-order valence-electron chi connectivity index (χ2n) is 5.38. The highest BCUT2D eigenvalue weighted by molar-refractivity contribution is 6.68. The van der Waals surface area contributed by atoms with Crippen molar-refractivity contribution in [3.63, 3.8) is 0 Å². The lowest BCUT2D eigenvalue weighted by molar-refractivity contribution is 0.106. The Balaban J connectivity index is 3.05. The van der Waals surface area contributed by atoms with Crippen molar-refractivity contribution in [3.8, 4) is 0 Å². The zero-order valence-corrected chi connectivity index (χ0v) is 11.7. The van der Waals surface area contributed by atoms with E-state index in [1.165, 1.54) is 0 Å². The summed E-state index contributed by atoms with van der Waals surface area (Å²) in [7, 11) is 0. The molecule has 1 aromatic carbocycles. The van der Waals surface area contributed by atoms with Gasteiger partial charge in [0.05, 0.1) is 5.52 Å². The highest BCUT2D eigenvalue weighted by atomic mass is 35.5. The molecule has 0 aliphatic heterocycles. The van der Waals surface area contributed by atoms with Crippen molar-refractivity contribution in [3.05, 3.63) is 35.5 Å². The minimum atomic E-state index is -1.21. The Morgan fingerprint density at radius 1 is 1.21 bits per heavy atom. The Morgan fingerprint density at radius 2 is 1.79 bits per heavy atom. The number of hydrogen-bond acceptors (Lipinski definition) is 2. The van der Waals surface area contributed by atoms with Gasteiger partial charge in [-0.25, -0.2) is 9.36 Å². The van der Waals surface area contributed by atoms with Gasteiger partial charge in [-0.2, -0.15) is 0 Å². The second kappa shape index (κ2) is 4.38. The number of carboxylic acid groups (broad SMARTS) is 1. The third-order valence-corrected chi connectivity index (χ3v) is 3.18. The van der Waals surface area contributed by atoms with Crippen LogP contribution in [0.3, 0.4) is 0 Å². The summed E-state index contributed by atoms with van der Waals surface area (Å²) in [4.78, 5) is 23.1. The number of aromatic nitrogens is 1. The van der Waals surface area contributed by atoms with E-state index in [1.54, 1.807) is 18.2 Å². The van der Waals surface area contributed by atoms with Gasteiger partial charge in [0.25, 0.3) is 5.24 Å². The summed E-state index contributed by atoms with van der Waals surface area (Å²) in [5, 5.41) is 9.32. The van der Waals surface area contributed by atoms with E-state index in [2.05, 4.69) is 0 Å². The number of nitrogens with zero attached hydrogens (tertiary/aromatic N) is 1. The number of carbonyl (C=O) groups is 2. The van der Waals surface area contributed by atoms with Crippen molar-refractivity contribution >= 4 is 33.8 Å². The van der Waals surface area contributed by atoms with E-state index in [-0.39, 0.29) is 11.1 Å². The predicted octanol–water partition coefficient (Wildman–Crippen LogP) is 3.84. The van der Waals surface area contributed by atoms with Gasteiger partial charge >= 0.3 is 6.09 Å². The van der Waals surface area contributed by atoms with Crippen LogP contribution in [-0.4, -0.2) is 21.0 Å². The zero-order chi connectivity index (χ0) is 14.4. The number of carbonyl (C=O) groups excluding carboxylic acids is 1. The molecule has 1 aromatic heterocycles. The second-order valence-corrected chi connectivity index (χ2v) is 5.73. The van der Waals surface area contributed by atoms with Gasteiger partial charge in [0.2, 0.25) is 0 Å². The van der Waals surface area contributed by atoms with Gasteiger partial charge in [-0.15, -0.1) is 0 Å². The molecule has 0 aliphatic carbocycles. The van der Waals surface area contributed by atoms with Crippen LogP contribution in [-0.2, 0) is 5.41 Å². The number of halogens is 1. The van der Waals surface area contributed by atoms with E-state index in [1.807, 2.05) is 26.8 Å². The lowest BCUT2D eigenvalue weighted by Gasteiger charge is -2.19. The van der Waals surface area contributed by atoms with Crippen molar-refractivity contribution in [1.82, 2.24) is 4.57 Å². The Labute approximate surface area is 115 Å². The molecule has 0 radical (unpaired) electrons. The van der Waals surface area contributed by atoms with Crippen LogP contribution in [0.4, 0.5) is 4.79 Å². The number of benzene rings is 1. The smallest absolute Gasteiger partial charge is 0.416 e. The summed E-state index contributed by atoms with van der Waals surface area (Å²) >= 11 is 5.61. The highest BCUT2D eigenvalue weighted by Crippen LogP contribution is 2.36. The van der Waals surface area contributed by atoms with E-state index in [9.17, 15) is 14.7 Å². The first-order valence-electron chi connectivity index (χ1n) is 5.82. The monoisotopic (exact) mass is 279 g/mol. The summed E-state index contributed by atoms with van der Waals surface area (Å²) in [5.41, 5.74) is 0.775. The summed E-state index contributed by atoms with van der Waals surface area (Å²) in [6.45, 7) is 5.76. The number of para-hydroxylation sites is 1. The van der Waals surface area contributed by atoms with Crippen LogP contribution in [0.25, 0.3) is 10.9 Å². The lowest BCUT2D eigenvalue weighted by atomic mass is 9.85. The number of fused-ring (bicyclic) bond motifs is 1. The van der Waals surface area contributed by atoms with Gasteiger partial charge in [0, 0.05) is 5.39 Å². The first-order chi connectivity index (χ1) is 8.75. The maximum Gasteiger partial charge on any atom is 0.416 e. The molecule has 0 saturated carbocycles. The largest absolute Gasteiger partial charge is 0.464 e. The molecule has 100 valence electrons. The summed E-state index contributed by atoms with van der Waals surface area (Å²) in [6, 6.07) is 7.02. The highest BCUT2D eigenvalue weighted by Gasteiger charge is 2.31. The van der Waals surface area contributed by atoms with Gasteiger partial charge in [-0.05, 0) is 28.6 Å². The fourth-order valence-electron chi connectivity index (χ4n) is 2.38. The van der Waals surface area contributed by atoms with E-state index in [4.69, 9.17) is 11.6 Å². The first-order valence-corrected chi connectivity index (χ1v) is 6.20. The quantitative estimate of drug-likeness (QED) is 0.807. The van der Waals surface area contributed by atoms with E-state index < -0.39 is 11.3 Å². The number of rotatable bonds is 1. The maximum absolute atomic E-state index is 11.7. The molecule has 0 fully saturated rings. The van der Waals surface area contributed by atoms with Crippen LogP contribution in [0, 0.1) is 0 Å². The molecule has 0 spiro atoms. The predicted molar refractivity (Wildman–Crippen MR) is 74.2 cm³/mol. The maximum atomic E-state index is 11.7. The van der Waals surface area contributed by atoms with E-state index in [0.717, 1.165) is 9.95 Å². The van der Waals surface area contributed by atoms with Crippen LogP contribution >= 0.6 is 11.6 Å². The molecular formula is C14H14ClNO3. The third kappa shape index (κ3) is 2.12. The van der Waals surface area contributed by atoms with Gasteiger partial charge in [0.15, 0.2) is 0 Å². The molecule has 4 nitrogen and oxygen atoms in total. The molecule has 0 atom stereocenters. The van der Waals surface area contributed by atoms with Crippen molar-refractivity contribution < 1.29 is 14.7 Å². The Hall–Kier alpha value is -1.81. The van der Waals surface area contributed by atoms with Gasteiger partial charge < -0.3 is 5.11 Å². The average Bonchev–Trinajstić information content (AvgIpc) is 2.63. The fourth-order valence-corrected chi connectivity index (χ4v) is 2.56. The van der Waals surface area contributed by atoms with Gasteiger partial charge in [0.1, 0.15) is 5.69 Å². The molecule has 0 aliphatic rings. The summed E-state index contributed by atoms with van der Waals surface area (Å²) in [5.74, 6) is 0. The molecule has 2 aromatic rings. The molecular weight excluding hydrogens is 266 g/mol. The molecule has 0 amide bonds. The Kier molecular flexibility index (Phi) is 3.14. The molecule has 2 rings (SSSR count). The topological polar surface area (TPSA) is 59.3 Å². The van der Waals surface area contributed by atoms with Crippen LogP contribution in [0.5, 0.6) is 0 Å². The van der Waals surface area contributed by atoms with Crippen molar-refractivity contribution in [2.75, 3.05) is 0 Å². The van der Waals surface area contributed by atoms with E-state index >= 15 is 0 Å². The molecule has 0 unspecified atom stereocenters. The average molecular weight is 280 g/mol. The minimum Gasteiger partial charge on any atom is -0.464 e. The molecule has 0 bridgehead atoms. The SMILES string of the molecule is CC(C)(C)c1c(C(=O)Cl)n(C(=O)O)c2ccccc12. The third-order valence-electron chi connectivity index (χ3n) is 3.00. The normalized spacial score (nSPS) is 11.8. The molecule has 1 N–H and O–H groups in total. The summed E-state index contributed by atoms with van der Waals surface area (Å²) < 4.78 is 0.964. The Morgan fingerprint density at radius 3 is 2.26 bits per heavy atom.